The summed E-state index contributed by atoms with van der Waals surface area (Å²) in [5, 5.41) is 0. The second-order valence-corrected chi connectivity index (χ2v) is 5.40. The van der Waals surface area contributed by atoms with Gasteiger partial charge >= 0.3 is 5.97 Å². The summed E-state index contributed by atoms with van der Waals surface area (Å²) in [7, 11) is 1.35. The molecule has 1 aliphatic heterocycles. The van der Waals surface area contributed by atoms with Crippen molar-refractivity contribution in [1.82, 2.24) is 4.90 Å². The molecule has 0 saturated carbocycles. The molecule has 0 N–H and O–H groups in total. The largest absolute Gasteiger partial charge is 0.469 e. The zero-order chi connectivity index (χ0) is 15.4. The molecule has 0 radical (unpaired) electrons. The molecule has 1 aromatic carbocycles. The maximum atomic E-state index is 12.6. The van der Waals surface area contributed by atoms with Crippen molar-refractivity contribution in [3.63, 3.8) is 0 Å². The highest BCUT2D eigenvalue weighted by Gasteiger charge is 2.27. The number of carbonyl (C=O) groups excluding carboxylic acids is 2. The first-order chi connectivity index (χ1) is 9.99. The van der Waals surface area contributed by atoms with E-state index in [1.54, 1.807) is 4.90 Å². The smallest absolute Gasteiger partial charge is 0.308 e. The van der Waals surface area contributed by atoms with Gasteiger partial charge in [0.05, 0.1) is 26.2 Å². The Balaban J connectivity index is 2.06. The summed E-state index contributed by atoms with van der Waals surface area (Å²) in [4.78, 5) is 25.6. The molecule has 0 aromatic heterocycles. The molecular weight excluding hydrogens is 270 g/mol. The van der Waals surface area contributed by atoms with Crippen LogP contribution in [0.3, 0.4) is 0 Å². The molecule has 21 heavy (non-hydrogen) atoms. The Bertz CT molecular complexity index is 521. The van der Waals surface area contributed by atoms with Gasteiger partial charge in [0.2, 0.25) is 0 Å². The van der Waals surface area contributed by atoms with E-state index in [4.69, 9.17) is 4.74 Å². The van der Waals surface area contributed by atoms with Gasteiger partial charge in [0, 0.05) is 18.7 Å². The Kier molecular flexibility index (Phi) is 4.96. The predicted octanol–water partition coefficient (Wildman–Crippen LogP) is 1.71. The topological polar surface area (TPSA) is 55.8 Å². The molecule has 1 heterocycles. The monoisotopic (exact) mass is 291 g/mol. The van der Waals surface area contributed by atoms with Crippen LogP contribution in [0.4, 0.5) is 0 Å². The van der Waals surface area contributed by atoms with Gasteiger partial charge in [0.15, 0.2) is 0 Å². The lowest BCUT2D eigenvalue weighted by molar-refractivity contribution is -0.145. The molecule has 1 fully saturated rings. The lowest BCUT2D eigenvalue weighted by Crippen LogP contribution is -2.46. The fourth-order valence-corrected chi connectivity index (χ4v) is 2.58. The lowest BCUT2D eigenvalue weighted by atomic mass is 10.1. The van der Waals surface area contributed by atoms with Crippen LogP contribution in [0.1, 0.15) is 27.9 Å². The molecule has 1 saturated heterocycles. The normalized spacial score (nSPS) is 18.4. The first-order valence-electron chi connectivity index (χ1n) is 7.05. The summed E-state index contributed by atoms with van der Waals surface area (Å²) >= 11 is 0. The molecule has 1 aliphatic rings. The Hall–Kier alpha value is -1.88. The number of rotatable bonds is 3. The summed E-state index contributed by atoms with van der Waals surface area (Å²) in [6.07, 6.45) is -0.117. The van der Waals surface area contributed by atoms with Gasteiger partial charge in [-0.2, -0.15) is 0 Å². The zero-order valence-corrected chi connectivity index (χ0v) is 12.7. The number of hydrogen-bond acceptors (Lipinski definition) is 4. The molecule has 1 unspecified atom stereocenters. The molecule has 0 aliphatic carbocycles. The van der Waals surface area contributed by atoms with Crippen molar-refractivity contribution in [2.45, 2.75) is 26.4 Å². The average Bonchev–Trinajstić information content (AvgIpc) is 2.45. The third-order valence-corrected chi connectivity index (χ3v) is 3.52. The van der Waals surface area contributed by atoms with Crippen molar-refractivity contribution in [3.05, 3.63) is 34.9 Å². The number of methoxy groups -OCH3 is 1. The van der Waals surface area contributed by atoms with Crippen LogP contribution in [-0.2, 0) is 14.3 Å². The Morgan fingerprint density at radius 2 is 1.95 bits per heavy atom. The highest BCUT2D eigenvalue weighted by atomic mass is 16.5. The number of hydrogen-bond donors (Lipinski definition) is 0. The summed E-state index contributed by atoms with van der Waals surface area (Å²) in [5.74, 6) is -0.333. The molecule has 1 aromatic rings. The van der Waals surface area contributed by atoms with Crippen molar-refractivity contribution >= 4 is 11.9 Å². The number of morpholine rings is 1. The van der Waals surface area contributed by atoms with Gasteiger partial charge < -0.3 is 14.4 Å². The van der Waals surface area contributed by atoms with Crippen LogP contribution >= 0.6 is 0 Å². The predicted molar refractivity (Wildman–Crippen MR) is 78.2 cm³/mol. The molecule has 0 bridgehead atoms. The quantitative estimate of drug-likeness (QED) is 0.796. The van der Waals surface area contributed by atoms with Crippen LogP contribution in [0.2, 0.25) is 0 Å². The number of nitrogens with zero attached hydrogens (tertiary/aromatic N) is 1. The van der Waals surface area contributed by atoms with Crippen LogP contribution in [-0.4, -0.2) is 49.7 Å². The summed E-state index contributed by atoms with van der Waals surface area (Å²) in [5.41, 5.74) is 2.82. The summed E-state index contributed by atoms with van der Waals surface area (Å²) < 4.78 is 10.2. The van der Waals surface area contributed by atoms with E-state index >= 15 is 0 Å². The first kappa shape index (κ1) is 15.5. The zero-order valence-electron chi connectivity index (χ0n) is 12.7. The summed E-state index contributed by atoms with van der Waals surface area (Å²) in [6, 6.07) is 5.82. The van der Waals surface area contributed by atoms with Gasteiger partial charge in [-0.05, 0) is 26.0 Å². The van der Waals surface area contributed by atoms with E-state index in [9.17, 15) is 9.59 Å². The van der Waals surface area contributed by atoms with Crippen molar-refractivity contribution in [2.24, 2.45) is 0 Å². The van der Waals surface area contributed by atoms with Crippen molar-refractivity contribution < 1.29 is 19.1 Å². The van der Waals surface area contributed by atoms with Crippen molar-refractivity contribution in [1.29, 1.82) is 0 Å². The fourth-order valence-electron chi connectivity index (χ4n) is 2.58. The molecule has 114 valence electrons. The maximum absolute atomic E-state index is 12.6. The van der Waals surface area contributed by atoms with E-state index < -0.39 is 0 Å². The van der Waals surface area contributed by atoms with E-state index in [1.165, 1.54) is 7.11 Å². The number of aryl methyl sites for hydroxylation is 2. The highest BCUT2D eigenvalue weighted by Crippen LogP contribution is 2.15. The maximum Gasteiger partial charge on any atom is 0.308 e. The van der Waals surface area contributed by atoms with Gasteiger partial charge in [-0.25, -0.2) is 0 Å². The van der Waals surface area contributed by atoms with E-state index in [0.29, 0.717) is 25.3 Å². The molecular formula is C16H21NO4. The highest BCUT2D eigenvalue weighted by molar-refractivity contribution is 5.94. The number of esters is 1. The lowest BCUT2D eigenvalue weighted by Gasteiger charge is -2.32. The SMILES string of the molecule is COC(=O)CC1CN(C(=O)c2cc(C)cc(C)c2)CCO1. The summed E-state index contributed by atoms with van der Waals surface area (Å²) in [6.45, 7) is 5.36. The minimum atomic E-state index is -0.319. The van der Waals surface area contributed by atoms with Gasteiger partial charge in [-0.15, -0.1) is 0 Å². The Morgan fingerprint density at radius 3 is 2.57 bits per heavy atom. The van der Waals surface area contributed by atoms with Crippen molar-refractivity contribution in [2.75, 3.05) is 26.8 Å². The van der Waals surface area contributed by atoms with Gasteiger partial charge in [0.25, 0.3) is 5.91 Å². The first-order valence-corrected chi connectivity index (χ1v) is 7.05. The molecule has 5 nitrogen and oxygen atoms in total. The number of carbonyl (C=O) groups is 2. The minimum absolute atomic E-state index is 0.0139. The second-order valence-electron chi connectivity index (χ2n) is 5.40. The third kappa shape index (κ3) is 4.04. The van der Waals surface area contributed by atoms with Crippen LogP contribution in [0, 0.1) is 13.8 Å². The molecule has 5 heteroatoms. The van der Waals surface area contributed by atoms with Crippen molar-refractivity contribution in [3.8, 4) is 0 Å². The fraction of sp³-hybridized carbons (Fsp3) is 0.500. The second kappa shape index (κ2) is 6.72. The van der Waals surface area contributed by atoms with E-state index in [1.807, 2.05) is 32.0 Å². The molecule has 0 spiro atoms. The standard InChI is InChI=1S/C16H21NO4/c1-11-6-12(2)8-13(7-11)16(19)17-4-5-21-14(10-17)9-15(18)20-3/h6-8,14H,4-5,9-10H2,1-3H3. The number of benzene rings is 1. The van der Waals surface area contributed by atoms with E-state index in [2.05, 4.69) is 4.74 Å². The van der Waals surface area contributed by atoms with Crippen LogP contribution in [0.5, 0.6) is 0 Å². The van der Waals surface area contributed by atoms with Crippen LogP contribution in [0.25, 0.3) is 0 Å². The Labute approximate surface area is 124 Å². The van der Waals surface area contributed by atoms with E-state index in [-0.39, 0.29) is 24.4 Å². The van der Waals surface area contributed by atoms with Gasteiger partial charge in [0.1, 0.15) is 0 Å². The van der Waals surface area contributed by atoms with Crippen LogP contribution in [0.15, 0.2) is 18.2 Å². The van der Waals surface area contributed by atoms with Gasteiger partial charge in [-0.3, -0.25) is 9.59 Å². The van der Waals surface area contributed by atoms with Gasteiger partial charge in [-0.1, -0.05) is 17.2 Å². The molecule has 1 amide bonds. The minimum Gasteiger partial charge on any atom is -0.469 e. The van der Waals surface area contributed by atoms with E-state index in [0.717, 1.165) is 11.1 Å². The third-order valence-electron chi connectivity index (χ3n) is 3.52. The number of amides is 1. The molecule has 2 rings (SSSR count). The number of ether oxygens (including phenoxy) is 2. The molecule has 1 atom stereocenters. The average molecular weight is 291 g/mol. The Morgan fingerprint density at radius 1 is 1.29 bits per heavy atom. The van der Waals surface area contributed by atoms with Crippen LogP contribution < -0.4 is 0 Å².